The molecule has 0 aliphatic rings. The number of benzene rings is 1. The zero-order valence-corrected chi connectivity index (χ0v) is 12.5. The molecule has 6 nitrogen and oxygen atoms in total. The van der Waals surface area contributed by atoms with Gasteiger partial charge in [-0.3, -0.25) is 0 Å². The average molecular weight is 309 g/mol. The fourth-order valence-electron chi connectivity index (χ4n) is 2.20. The van der Waals surface area contributed by atoms with E-state index in [-0.39, 0.29) is 5.56 Å². The van der Waals surface area contributed by atoms with Crippen molar-refractivity contribution in [3.8, 4) is 11.7 Å². The lowest BCUT2D eigenvalue weighted by molar-refractivity contribution is 0.0696. The zero-order chi connectivity index (χ0) is 16.2. The Kier molecular flexibility index (Phi) is 4.05. The molecular weight excluding hydrogens is 294 g/mol. The lowest BCUT2D eigenvalue weighted by Gasteiger charge is -2.09. The fraction of sp³-hybridized carbons (Fsp3) is 0.118. The summed E-state index contributed by atoms with van der Waals surface area (Å²) in [6, 6.07) is 12.6. The highest BCUT2D eigenvalue weighted by Gasteiger charge is 2.10. The maximum atomic E-state index is 11.1. The summed E-state index contributed by atoms with van der Waals surface area (Å²) < 4.78 is 7.26. The fourth-order valence-corrected chi connectivity index (χ4v) is 2.20. The predicted molar refractivity (Wildman–Crippen MR) is 83.8 cm³/mol. The van der Waals surface area contributed by atoms with Crippen LogP contribution in [0.1, 0.15) is 21.5 Å². The van der Waals surface area contributed by atoms with Crippen molar-refractivity contribution < 1.29 is 14.6 Å². The molecule has 0 fully saturated rings. The van der Waals surface area contributed by atoms with E-state index in [9.17, 15) is 4.79 Å². The van der Waals surface area contributed by atoms with Crippen molar-refractivity contribution >= 4 is 5.97 Å². The molecule has 0 aliphatic carbocycles. The van der Waals surface area contributed by atoms with Crippen LogP contribution >= 0.6 is 0 Å². The minimum absolute atomic E-state index is 0.148. The van der Waals surface area contributed by atoms with Gasteiger partial charge in [0.15, 0.2) is 5.82 Å². The molecule has 1 aromatic carbocycles. The summed E-state index contributed by atoms with van der Waals surface area (Å²) in [7, 11) is 0. The molecule has 2 aromatic heterocycles. The summed E-state index contributed by atoms with van der Waals surface area (Å²) in [4.78, 5) is 15.2. The Hall–Kier alpha value is -3.15. The van der Waals surface area contributed by atoms with E-state index in [4.69, 9.17) is 9.84 Å². The molecule has 0 aliphatic heterocycles. The van der Waals surface area contributed by atoms with Gasteiger partial charge >= 0.3 is 5.97 Å². The number of rotatable bonds is 5. The molecule has 116 valence electrons. The van der Waals surface area contributed by atoms with Crippen molar-refractivity contribution in [1.82, 2.24) is 14.8 Å². The number of carboxylic acid groups (broad SMARTS) is 1. The Labute approximate surface area is 133 Å². The predicted octanol–water partition coefficient (Wildman–Crippen LogP) is 2.85. The molecule has 0 amide bonds. The normalized spacial score (nSPS) is 10.5. The second-order valence-corrected chi connectivity index (χ2v) is 5.07. The maximum absolute atomic E-state index is 11.1. The lowest BCUT2D eigenvalue weighted by atomic mass is 10.1. The van der Waals surface area contributed by atoms with Crippen LogP contribution < -0.4 is 4.74 Å². The third kappa shape index (κ3) is 3.37. The van der Waals surface area contributed by atoms with Gasteiger partial charge in [-0.2, -0.15) is 9.78 Å². The number of ether oxygens (including phenoxy) is 1. The van der Waals surface area contributed by atoms with Crippen LogP contribution in [0.25, 0.3) is 5.82 Å². The third-order valence-electron chi connectivity index (χ3n) is 3.29. The van der Waals surface area contributed by atoms with E-state index in [1.165, 1.54) is 23.0 Å². The zero-order valence-electron chi connectivity index (χ0n) is 12.5. The maximum Gasteiger partial charge on any atom is 0.335 e. The first kappa shape index (κ1) is 14.8. The van der Waals surface area contributed by atoms with E-state index in [2.05, 4.69) is 10.1 Å². The molecule has 0 saturated carbocycles. The van der Waals surface area contributed by atoms with E-state index >= 15 is 0 Å². The van der Waals surface area contributed by atoms with Gasteiger partial charge in [-0.25, -0.2) is 9.78 Å². The Bertz CT molecular complexity index is 842. The van der Waals surface area contributed by atoms with Crippen LogP contribution in [0.3, 0.4) is 0 Å². The molecule has 6 heteroatoms. The minimum Gasteiger partial charge on any atom is -0.478 e. The molecule has 0 unspecified atom stereocenters. The minimum atomic E-state index is -1.01. The molecule has 2 heterocycles. The second kappa shape index (κ2) is 6.31. The highest BCUT2D eigenvalue weighted by molar-refractivity contribution is 5.87. The number of aromatic nitrogens is 3. The van der Waals surface area contributed by atoms with Crippen molar-refractivity contribution in [3.63, 3.8) is 0 Å². The number of nitrogens with zero attached hydrogens (tertiary/aromatic N) is 3. The monoisotopic (exact) mass is 309 g/mol. The molecule has 3 rings (SSSR count). The highest BCUT2D eigenvalue weighted by atomic mass is 16.5. The number of aromatic carboxylic acids is 1. The summed E-state index contributed by atoms with van der Waals surface area (Å²) >= 11 is 0. The first-order valence-corrected chi connectivity index (χ1v) is 7.05. The number of hydrogen-bond acceptors (Lipinski definition) is 4. The van der Waals surface area contributed by atoms with Gasteiger partial charge < -0.3 is 9.84 Å². The Balaban J connectivity index is 1.82. The van der Waals surface area contributed by atoms with Gasteiger partial charge in [-0.15, -0.1) is 0 Å². The van der Waals surface area contributed by atoms with Gasteiger partial charge in [0.2, 0.25) is 5.88 Å². The van der Waals surface area contributed by atoms with Crippen molar-refractivity contribution in [2.75, 3.05) is 0 Å². The van der Waals surface area contributed by atoms with Crippen LogP contribution in [-0.2, 0) is 6.61 Å². The van der Waals surface area contributed by atoms with E-state index in [0.717, 1.165) is 11.1 Å². The van der Waals surface area contributed by atoms with Crippen LogP contribution in [0, 0.1) is 6.92 Å². The topological polar surface area (TPSA) is 77.2 Å². The summed E-state index contributed by atoms with van der Waals surface area (Å²) in [6.07, 6.45) is 3.02. The molecule has 3 aromatic rings. The number of carboxylic acids is 1. The van der Waals surface area contributed by atoms with E-state index in [1.807, 2.05) is 31.2 Å². The van der Waals surface area contributed by atoms with Gasteiger partial charge in [-0.1, -0.05) is 29.8 Å². The Morgan fingerprint density at radius 1 is 1.22 bits per heavy atom. The third-order valence-corrected chi connectivity index (χ3v) is 3.29. The number of hydrogen-bond donors (Lipinski definition) is 1. The molecule has 23 heavy (non-hydrogen) atoms. The number of carbonyl (C=O) groups is 1. The lowest BCUT2D eigenvalue weighted by Crippen LogP contribution is -2.06. The first-order valence-electron chi connectivity index (χ1n) is 7.05. The molecule has 0 radical (unpaired) electrons. The largest absolute Gasteiger partial charge is 0.478 e. The second-order valence-electron chi connectivity index (χ2n) is 5.07. The van der Waals surface area contributed by atoms with Crippen molar-refractivity contribution in [1.29, 1.82) is 0 Å². The number of aryl methyl sites for hydroxylation is 1. The van der Waals surface area contributed by atoms with Crippen LogP contribution in [-0.4, -0.2) is 25.8 Å². The molecular formula is C17H15N3O3. The van der Waals surface area contributed by atoms with Gasteiger partial charge in [0.1, 0.15) is 6.61 Å². The summed E-state index contributed by atoms with van der Waals surface area (Å²) in [5, 5.41) is 13.2. The molecule has 0 spiro atoms. The van der Waals surface area contributed by atoms with Crippen molar-refractivity contribution in [3.05, 3.63) is 71.5 Å². The number of pyridine rings is 1. The van der Waals surface area contributed by atoms with Crippen molar-refractivity contribution in [2.45, 2.75) is 13.5 Å². The van der Waals surface area contributed by atoms with Gasteiger partial charge in [0.25, 0.3) is 0 Å². The van der Waals surface area contributed by atoms with Crippen LogP contribution in [0.15, 0.2) is 54.9 Å². The Morgan fingerprint density at radius 2 is 2.09 bits per heavy atom. The van der Waals surface area contributed by atoms with Crippen molar-refractivity contribution in [2.24, 2.45) is 0 Å². The van der Waals surface area contributed by atoms with E-state index < -0.39 is 5.97 Å². The molecule has 0 atom stereocenters. The van der Waals surface area contributed by atoms with Crippen LogP contribution in [0.4, 0.5) is 0 Å². The first-order chi connectivity index (χ1) is 11.1. The van der Waals surface area contributed by atoms with E-state index in [0.29, 0.717) is 18.3 Å². The quantitative estimate of drug-likeness (QED) is 0.784. The van der Waals surface area contributed by atoms with Gasteiger partial charge in [-0.05, 0) is 24.6 Å². The SMILES string of the molecule is Cc1cccc(COc2ccnn2-c2cc(C(=O)O)ccn2)c1. The van der Waals surface area contributed by atoms with Crippen LogP contribution in [0.2, 0.25) is 0 Å². The average Bonchev–Trinajstić information content (AvgIpc) is 3.01. The standard InChI is InChI=1S/C17H15N3O3/c1-12-3-2-4-13(9-12)11-23-16-6-8-19-20(16)15-10-14(17(21)22)5-7-18-15/h2-10H,11H2,1H3,(H,21,22). The van der Waals surface area contributed by atoms with Crippen LogP contribution in [0.5, 0.6) is 5.88 Å². The van der Waals surface area contributed by atoms with Gasteiger partial charge in [0.05, 0.1) is 11.8 Å². The molecule has 1 N–H and O–H groups in total. The Morgan fingerprint density at radius 3 is 2.87 bits per heavy atom. The smallest absolute Gasteiger partial charge is 0.335 e. The summed E-state index contributed by atoms with van der Waals surface area (Å²) in [5.74, 6) is -0.112. The van der Waals surface area contributed by atoms with Gasteiger partial charge in [0, 0.05) is 12.3 Å². The van der Waals surface area contributed by atoms with E-state index in [1.54, 1.807) is 12.3 Å². The molecule has 0 saturated heterocycles. The summed E-state index contributed by atoms with van der Waals surface area (Å²) in [5.41, 5.74) is 2.36. The summed E-state index contributed by atoms with van der Waals surface area (Å²) in [6.45, 7) is 2.42. The molecule has 0 bridgehead atoms. The highest BCUT2D eigenvalue weighted by Crippen LogP contribution is 2.18.